The second kappa shape index (κ2) is 7.34. The highest BCUT2D eigenvalue weighted by Crippen LogP contribution is 2.50. The molecule has 1 aliphatic carbocycles. The number of hydrogen-bond donors (Lipinski definition) is 1. The summed E-state index contributed by atoms with van der Waals surface area (Å²) in [7, 11) is 1.82. The number of nitrogens with one attached hydrogen (secondary N) is 1. The normalized spacial score (nSPS) is 18.6. The zero-order chi connectivity index (χ0) is 21.6. The van der Waals surface area contributed by atoms with Crippen molar-refractivity contribution in [1.29, 1.82) is 0 Å². The van der Waals surface area contributed by atoms with Crippen LogP contribution in [0.2, 0.25) is 0 Å². The van der Waals surface area contributed by atoms with E-state index in [1.165, 1.54) is 12.1 Å². The molecule has 1 aromatic heterocycles. The smallest absolute Gasteiger partial charge is 0.416 e. The van der Waals surface area contributed by atoms with Gasteiger partial charge in [-0.1, -0.05) is 0 Å². The van der Waals surface area contributed by atoms with Crippen molar-refractivity contribution in [2.24, 2.45) is 13.0 Å². The molecule has 158 valence electrons. The van der Waals surface area contributed by atoms with Crippen LogP contribution in [0, 0.1) is 5.92 Å². The minimum atomic E-state index is -4.39. The molecule has 0 saturated heterocycles. The molecule has 5 nitrogen and oxygen atoms in total. The maximum atomic E-state index is 12.8. The number of nitrogens with zero attached hydrogens (tertiary/aromatic N) is 2. The summed E-state index contributed by atoms with van der Waals surface area (Å²) in [4.78, 5) is 12.4. The van der Waals surface area contributed by atoms with Crippen LogP contribution in [0.3, 0.4) is 0 Å². The van der Waals surface area contributed by atoms with Crippen LogP contribution in [-0.4, -0.2) is 21.7 Å². The van der Waals surface area contributed by atoms with Gasteiger partial charge in [0.2, 0.25) is 5.91 Å². The van der Waals surface area contributed by atoms with Gasteiger partial charge in [0.05, 0.1) is 11.1 Å². The molecule has 4 rings (SSSR count). The van der Waals surface area contributed by atoms with Crippen molar-refractivity contribution in [2.45, 2.75) is 38.4 Å². The lowest BCUT2D eigenvalue weighted by molar-refractivity contribution is -0.137. The topological polar surface area (TPSA) is 56.1 Å². The number of carbonyl (C=O) groups excluding carboxylic acids is 1. The third-order valence-electron chi connectivity index (χ3n) is 5.10. The Labute approximate surface area is 171 Å². The highest BCUT2D eigenvalue weighted by molar-refractivity contribution is 5.88. The van der Waals surface area contributed by atoms with Crippen molar-refractivity contribution in [3.05, 3.63) is 53.7 Å². The van der Waals surface area contributed by atoms with E-state index in [4.69, 9.17) is 4.74 Å². The van der Waals surface area contributed by atoms with Gasteiger partial charge >= 0.3 is 6.18 Å². The Morgan fingerprint density at radius 2 is 1.90 bits per heavy atom. The molecular weight excluding hydrogens is 395 g/mol. The number of amides is 1. The first-order valence-corrected chi connectivity index (χ1v) is 9.74. The fraction of sp³-hybridized carbons (Fsp3) is 0.364. The number of fused-ring (bicyclic) bond motifs is 1. The summed E-state index contributed by atoms with van der Waals surface area (Å²) in [5.41, 5.74) is 0.997. The lowest BCUT2D eigenvalue weighted by Crippen LogP contribution is -2.31. The summed E-state index contributed by atoms with van der Waals surface area (Å²) in [5, 5.41) is 8.32. The summed E-state index contributed by atoms with van der Waals surface area (Å²) in [5.74, 6) is 0.756. The zero-order valence-corrected chi connectivity index (χ0v) is 16.8. The molecule has 1 heterocycles. The predicted molar refractivity (Wildman–Crippen MR) is 106 cm³/mol. The number of aryl methyl sites for hydroxylation is 1. The molecule has 3 aromatic rings. The first-order valence-electron chi connectivity index (χ1n) is 9.74. The zero-order valence-electron chi connectivity index (χ0n) is 16.8. The number of ether oxygens (including phenoxy) is 1. The fourth-order valence-corrected chi connectivity index (χ4v) is 3.66. The molecule has 2 aromatic carbocycles. The van der Waals surface area contributed by atoms with E-state index in [0.29, 0.717) is 11.5 Å². The van der Waals surface area contributed by atoms with Crippen molar-refractivity contribution in [3.8, 4) is 11.5 Å². The Morgan fingerprint density at radius 3 is 2.53 bits per heavy atom. The molecule has 0 bridgehead atoms. The lowest BCUT2D eigenvalue weighted by Gasteiger charge is -2.11. The van der Waals surface area contributed by atoms with E-state index in [2.05, 4.69) is 10.4 Å². The van der Waals surface area contributed by atoms with E-state index >= 15 is 0 Å². The molecule has 1 amide bonds. The summed E-state index contributed by atoms with van der Waals surface area (Å²) in [6.07, 6.45) is -1.81. The molecule has 1 saturated carbocycles. The van der Waals surface area contributed by atoms with Crippen LogP contribution >= 0.6 is 0 Å². The average molecular weight is 417 g/mol. The van der Waals surface area contributed by atoms with Gasteiger partial charge in [0.1, 0.15) is 11.5 Å². The average Bonchev–Trinajstić information content (AvgIpc) is 3.35. The van der Waals surface area contributed by atoms with Crippen molar-refractivity contribution in [1.82, 2.24) is 15.1 Å². The van der Waals surface area contributed by atoms with E-state index in [1.54, 1.807) is 10.7 Å². The second-order valence-electron chi connectivity index (χ2n) is 7.99. The number of alkyl halides is 3. The van der Waals surface area contributed by atoms with Crippen LogP contribution in [0.1, 0.15) is 37.3 Å². The second-order valence-corrected chi connectivity index (χ2v) is 7.99. The fourth-order valence-electron chi connectivity index (χ4n) is 3.66. The Balaban J connectivity index is 1.62. The number of halogens is 3. The first kappa shape index (κ1) is 20.3. The van der Waals surface area contributed by atoms with E-state index in [-0.39, 0.29) is 23.8 Å². The maximum Gasteiger partial charge on any atom is 0.416 e. The van der Waals surface area contributed by atoms with Gasteiger partial charge in [-0.15, -0.1) is 0 Å². The first-order chi connectivity index (χ1) is 14.1. The molecule has 2 atom stereocenters. The molecule has 0 radical (unpaired) electrons. The summed E-state index contributed by atoms with van der Waals surface area (Å²) >= 11 is 0. The van der Waals surface area contributed by atoms with Gasteiger partial charge in [0.15, 0.2) is 0 Å². The standard InChI is InChI=1S/C22H22F3N3O2/c1-12(2)26-21(29)19-10-17(19)18-9-16(8-13-11-28(3)27-20(13)18)30-15-6-4-14(5-7-15)22(23,24)25/h4-9,11-12,17,19H,10H2,1-3H3,(H,26,29)/t17-,19+/m0/s1. The van der Waals surface area contributed by atoms with Crippen LogP contribution in [0.25, 0.3) is 10.9 Å². The minimum absolute atomic E-state index is 0.0214. The molecule has 30 heavy (non-hydrogen) atoms. The van der Waals surface area contributed by atoms with Crippen LogP contribution in [0.15, 0.2) is 42.6 Å². The van der Waals surface area contributed by atoms with Gasteiger partial charge in [-0.3, -0.25) is 9.48 Å². The van der Waals surface area contributed by atoms with E-state index in [0.717, 1.165) is 35.0 Å². The third kappa shape index (κ3) is 4.13. The number of carbonyl (C=O) groups is 1. The molecule has 0 unspecified atom stereocenters. The largest absolute Gasteiger partial charge is 0.457 e. The van der Waals surface area contributed by atoms with E-state index in [1.807, 2.05) is 33.2 Å². The monoisotopic (exact) mass is 417 g/mol. The molecular formula is C22H22F3N3O2. The highest BCUT2D eigenvalue weighted by atomic mass is 19.4. The molecule has 0 spiro atoms. The van der Waals surface area contributed by atoms with Crippen LogP contribution < -0.4 is 10.1 Å². The van der Waals surface area contributed by atoms with Gasteiger partial charge in [0.25, 0.3) is 0 Å². The van der Waals surface area contributed by atoms with Gasteiger partial charge in [-0.25, -0.2) is 0 Å². The van der Waals surface area contributed by atoms with E-state index in [9.17, 15) is 18.0 Å². The molecule has 0 aliphatic heterocycles. The maximum absolute atomic E-state index is 12.8. The lowest BCUT2D eigenvalue weighted by atomic mass is 10.0. The van der Waals surface area contributed by atoms with E-state index < -0.39 is 11.7 Å². The van der Waals surface area contributed by atoms with Gasteiger partial charge in [0, 0.05) is 30.6 Å². The van der Waals surface area contributed by atoms with Gasteiger partial charge in [-0.2, -0.15) is 18.3 Å². The highest BCUT2D eigenvalue weighted by Gasteiger charge is 2.45. The summed E-state index contributed by atoms with van der Waals surface area (Å²) in [6, 6.07) is 8.29. The molecule has 1 N–H and O–H groups in total. The minimum Gasteiger partial charge on any atom is -0.457 e. The number of rotatable bonds is 5. The van der Waals surface area contributed by atoms with Gasteiger partial charge < -0.3 is 10.1 Å². The quantitative estimate of drug-likeness (QED) is 0.635. The van der Waals surface area contributed by atoms with Crippen LogP contribution in [0.4, 0.5) is 13.2 Å². The summed E-state index contributed by atoms with van der Waals surface area (Å²) < 4.78 is 45.8. The van der Waals surface area contributed by atoms with Crippen molar-refractivity contribution in [2.75, 3.05) is 0 Å². The number of aromatic nitrogens is 2. The molecule has 1 aliphatic rings. The Kier molecular flexibility index (Phi) is 4.95. The van der Waals surface area contributed by atoms with Crippen molar-refractivity contribution < 1.29 is 22.7 Å². The Hall–Kier alpha value is -3.03. The van der Waals surface area contributed by atoms with Crippen LogP contribution in [0.5, 0.6) is 11.5 Å². The molecule has 8 heteroatoms. The van der Waals surface area contributed by atoms with Gasteiger partial charge in [-0.05, 0) is 68.1 Å². The van der Waals surface area contributed by atoms with Crippen LogP contribution in [-0.2, 0) is 18.0 Å². The summed E-state index contributed by atoms with van der Waals surface area (Å²) in [6.45, 7) is 3.84. The molecule has 1 fully saturated rings. The number of hydrogen-bond acceptors (Lipinski definition) is 3. The predicted octanol–water partition coefficient (Wildman–Crippen LogP) is 5.01. The van der Waals surface area contributed by atoms with Crippen molar-refractivity contribution >= 4 is 16.8 Å². The Bertz CT molecular complexity index is 1090. The third-order valence-corrected chi connectivity index (χ3v) is 5.10. The van der Waals surface area contributed by atoms with Crippen molar-refractivity contribution in [3.63, 3.8) is 0 Å². The SMILES string of the molecule is CC(C)NC(=O)[C@@H]1C[C@H]1c1cc(Oc2ccc(C(F)(F)F)cc2)cc2cn(C)nc12. The number of benzene rings is 2. The Morgan fingerprint density at radius 1 is 1.20 bits per heavy atom.